The molecular formula is C37H24O. The van der Waals surface area contributed by atoms with Gasteiger partial charge in [0.1, 0.15) is 11.2 Å². The molecule has 1 nitrogen and oxygen atoms in total. The molecule has 7 aromatic carbocycles. The van der Waals surface area contributed by atoms with E-state index in [4.69, 9.17) is 11.3 Å². The Kier molecular flexibility index (Phi) is 3.52. The number of hydrogen-bond acceptors (Lipinski definition) is 1. The summed E-state index contributed by atoms with van der Waals surface area (Å²) >= 11 is 0. The van der Waals surface area contributed by atoms with Crippen LogP contribution in [0.4, 0.5) is 0 Å². The second-order valence-corrected chi connectivity index (χ2v) is 9.58. The summed E-state index contributed by atoms with van der Waals surface area (Å²) in [6, 6.07) is 31.3. The highest BCUT2D eigenvalue weighted by Gasteiger charge is 2.18. The molecule has 8 rings (SSSR count). The summed E-state index contributed by atoms with van der Waals surface area (Å²) in [5.41, 5.74) is 5.05. The van der Waals surface area contributed by atoms with Crippen molar-refractivity contribution in [2.75, 3.05) is 0 Å². The van der Waals surface area contributed by atoms with Gasteiger partial charge in [-0.3, -0.25) is 0 Å². The molecule has 0 radical (unpaired) electrons. The second kappa shape index (κ2) is 8.33. The average Bonchev–Trinajstić information content (AvgIpc) is 3.46. The molecule has 1 aromatic heterocycles. The maximum Gasteiger partial charge on any atom is 0.136 e. The third-order valence-corrected chi connectivity index (χ3v) is 7.45. The molecule has 8 aromatic rings. The molecule has 0 atom stereocenters. The molecule has 0 saturated carbocycles. The Bertz CT molecular complexity index is 2420. The highest BCUT2D eigenvalue weighted by molar-refractivity contribution is 6.16. The van der Waals surface area contributed by atoms with Gasteiger partial charge >= 0.3 is 0 Å². The van der Waals surface area contributed by atoms with Gasteiger partial charge in [-0.25, -0.2) is 0 Å². The Morgan fingerprint density at radius 3 is 1.89 bits per heavy atom. The number of fused-ring (bicyclic) bond motifs is 6. The molecule has 0 aliphatic carbocycles. The zero-order valence-electron chi connectivity index (χ0n) is 26.4. The Labute approximate surface area is 229 Å². The van der Waals surface area contributed by atoms with Gasteiger partial charge in [0.15, 0.2) is 0 Å². The van der Waals surface area contributed by atoms with Crippen LogP contribution in [0.3, 0.4) is 0 Å². The van der Waals surface area contributed by atoms with Crippen LogP contribution in [0.5, 0.6) is 0 Å². The van der Waals surface area contributed by atoms with E-state index in [-0.39, 0.29) is 40.5 Å². The molecule has 0 saturated heterocycles. The van der Waals surface area contributed by atoms with Gasteiger partial charge in [-0.2, -0.15) is 0 Å². The smallest absolute Gasteiger partial charge is 0.136 e. The molecule has 0 spiro atoms. The minimum atomic E-state index is -0.427. The minimum Gasteiger partial charge on any atom is -0.456 e. The first-order valence-electron chi connectivity index (χ1n) is 15.7. The first kappa shape index (κ1) is 16.1. The SMILES string of the molecule is [2H]c1c([2H])c([2H])c2c([2H])c3c(oc4cccc(Cc5c6ccccc6c(-c6ccccc6)c6ccccc56)c43)c([2H])c2c1[2H]. The zero-order chi connectivity index (χ0) is 30.3. The number of hydrogen-bond donors (Lipinski definition) is 0. The van der Waals surface area contributed by atoms with Crippen molar-refractivity contribution >= 4 is 54.3 Å². The molecule has 1 heterocycles. The fourth-order valence-electron chi connectivity index (χ4n) is 5.83. The molecule has 0 fully saturated rings. The van der Waals surface area contributed by atoms with Gasteiger partial charge in [0.25, 0.3) is 0 Å². The first-order valence-corrected chi connectivity index (χ1v) is 12.7. The Morgan fingerprint density at radius 2 is 1.18 bits per heavy atom. The lowest BCUT2D eigenvalue weighted by Crippen LogP contribution is -1.96. The van der Waals surface area contributed by atoms with Gasteiger partial charge in [-0.15, -0.1) is 0 Å². The van der Waals surface area contributed by atoms with Crippen LogP contribution in [0.15, 0.2) is 138 Å². The average molecular weight is 491 g/mol. The molecule has 178 valence electrons. The van der Waals surface area contributed by atoms with Gasteiger partial charge < -0.3 is 4.42 Å². The van der Waals surface area contributed by atoms with Crippen molar-refractivity contribution < 1.29 is 12.6 Å². The topological polar surface area (TPSA) is 13.1 Å². The summed E-state index contributed by atoms with van der Waals surface area (Å²) in [6.45, 7) is 0. The van der Waals surface area contributed by atoms with E-state index >= 15 is 0 Å². The van der Waals surface area contributed by atoms with Crippen molar-refractivity contribution in [2.24, 2.45) is 0 Å². The van der Waals surface area contributed by atoms with Crippen molar-refractivity contribution in [2.45, 2.75) is 6.42 Å². The van der Waals surface area contributed by atoms with Gasteiger partial charge in [-0.1, -0.05) is 115 Å². The van der Waals surface area contributed by atoms with Crippen LogP contribution >= 0.6 is 0 Å². The Balaban J connectivity index is 1.46. The number of furan rings is 1. The maximum absolute atomic E-state index is 9.20. The Hall–Kier alpha value is -4.88. The molecule has 0 N–H and O–H groups in total. The van der Waals surface area contributed by atoms with E-state index in [1.807, 2.05) is 24.3 Å². The van der Waals surface area contributed by atoms with E-state index in [1.165, 1.54) is 5.56 Å². The molecule has 0 amide bonds. The van der Waals surface area contributed by atoms with Crippen LogP contribution in [0.25, 0.3) is 65.4 Å². The number of benzene rings is 7. The lowest BCUT2D eigenvalue weighted by molar-refractivity contribution is 0.669. The summed E-state index contributed by atoms with van der Waals surface area (Å²) in [4.78, 5) is 0. The highest BCUT2D eigenvalue weighted by atomic mass is 16.3. The van der Waals surface area contributed by atoms with Gasteiger partial charge in [-0.05, 0) is 79.1 Å². The third kappa shape index (κ3) is 3.19. The lowest BCUT2D eigenvalue weighted by Gasteiger charge is -2.17. The summed E-state index contributed by atoms with van der Waals surface area (Å²) in [5.74, 6) is 0. The van der Waals surface area contributed by atoms with E-state index in [0.29, 0.717) is 22.8 Å². The Morgan fingerprint density at radius 1 is 0.553 bits per heavy atom. The second-order valence-electron chi connectivity index (χ2n) is 9.58. The van der Waals surface area contributed by atoms with Crippen LogP contribution in [-0.2, 0) is 6.42 Å². The van der Waals surface area contributed by atoms with Crippen LogP contribution in [-0.4, -0.2) is 0 Å². The van der Waals surface area contributed by atoms with Crippen LogP contribution < -0.4 is 0 Å². The number of rotatable bonds is 3. The van der Waals surface area contributed by atoms with Crippen molar-refractivity contribution in [3.63, 3.8) is 0 Å². The summed E-state index contributed by atoms with van der Waals surface area (Å²) in [6.07, 6.45) is 0.527. The van der Waals surface area contributed by atoms with E-state index in [0.717, 1.165) is 38.2 Å². The van der Waals surface area contributed by atoms with Gasteiger partial charge in [0, 0.05) is 10.8 Å². The van der Waals surface area contributed by atoms with Crippen LogP contribution in [0.1, 0.15) is 19.4 Å². The molecule has 0 aliphatic heterocycles. The minimum absolute atomic E-state index is 0.00240. The highest BCUT2D eigenvalue weighted by Crippen LogP contribution is 2.41. The molecule has 0 bridgehead atoms. The maximum atomic E-state index is 9.20. The zero-order valence-corrected chi connectivity index (χ0v) is 20.4. The van der Waals surface area contributed by atoms with E-state index in [9.17, 15) is 1.37 Å². The predicted octanol–water partition coefficient (Wildman–Crippen LogP) is 10.3. The third-order valence-electron chi connectivity index (χ3n) is 7.45. The normalized spacial score (nSPS) is 14.0. The largest absolute Gasteiger partial charge is 0.456 e. The summed E-state index contributed by atoms with van der Waals surface area (Å²) < 4.78 is 57.8. The van der Waals surface area contributed by atoms with Crippen molar-refractivity contribution in [1.82, 2.24) is 0 Å². The van der Waals surface area contributed by atoms with E-state index in [2.05, 4.69) is 72.8 Å². The standard InChI is InChI=1S/C37H24O/c1-2-11-24(12-3-1)36-30-18-8-6-16-28(30)32(29-17-7-9-19-31(29)36)22-27-15-10-20-34-37(27)33-21-25-13-4-5-14-26(25)23-35(33)38-34/h1-21,23H,22H2/i4D,5D,13D,14D,21D,23D. The van der Waals surface area contributed by atoms with Crippen molar-refractivity contribution in [1.29, 1.82) is 0 Å². The first-order chi connectivity index (χ1) is 21.4. The quantitative estimate of drug-likeness (QED) is 0.225. The monoisotopic (exact) mass is 490 g/mol. The lowest BCUT2D eigenvalue weighted by atomic mass is 9.86. The van der Waals surface area contributed by atoms with E-state index in [1.54, 1.807) is 0 Å². The van der Waals surface area contributed by atoms with E-state index < -0.39 is 12.1 Å². The van der Waals surface area contributed by atoms with Crippen LogP contribution in [0.2, 0.25) is 0 Å². The fourth-order valence-corrected chi connectivity index (χ4v) is 5.83. The predicted molar refractivity (Wildman–Crippen MR) is 161 cm³/mol. The molecule has 0 unspecified atom stereocenters. The molecule has 38 heavy (non-hydrogen) atoms. The summed E-state index contributed by atoms with van der Waals surface area (Å²) in [5, 5.41) is 5.67. The fraction of sp³-hybridized carbons (Fsp3) is 0.0270. The molecular weight excluding hydrogens is 460 g/mol. The van der Waals surface area contributed by atoms with Crippen molar-refractivity contribution in [3.8, 4) is 11.1 Å². The molecule has 0 aliphatic rings. The summed E-state index contributed by atoms with van der Waals surface area (Å²) in [7, 11) is 0. The van der Waals surface area contributed by atoms with Gasteiger partial charge in [0.05, 0.1) is 8.22 Å². The van der Waals surface area contributed by atoms with Crippen molar-refractivity contribution in [3.05, 3.63) is 144 Å². The van der Waals surface area contributed by atoms with Gasteiger partial charge in [0.2, 0.25) is 0 Å². The molecule has 1 heteroatoms. The van der Waals surface area contributed by atoms with Crippen LogP contribution in [0, 0.1) is 0 Å².